The molecule has 0 saturated heterocycles. The van der Waals surface area contributed by atoms with Gasteiger partial charge in [-0.3, -0.25) is 4.74 Å². The van der Waals surface area contributed by atoms with Crippen molar-refractivity contribution in [1.82, 2.24) is 0 Å². The second-order valence-electron chi connectivity index (χ2n) is 5.42. The minimum atomic E-state index is -2.49. The third-order valence-electron chi connectivity index (χ3n) is 3.66. The van der Waals surface area contributed by atoms with Crippen LogP contribution in [0.2, 0.25) is 0 Å². The first-order valence-corrected chi connectivity index (χ1v) is 9.68. The number of hydrogen-bond donors (Lipinski definition) is 2. The van der Waals surface area contributed by atoms with Gasteiger partial charge in [0.1, 0.15) is 0 Å². The molecule has 0 aromatic rings. The highest BCUT2D eigenvalue weighted by molar-refractivity contribution is 7.55. The molecular formula is C14H31N2O2P. The summed E-state index contributed by atoms with van der Waals surface area (Å²) in [5.74, 6) is 0. The van der Waals surface area contributed by atoms with Gasteiger partial charge in [0.2, 0.25) is 7.51 Å². The van der Waals surface area contributed by atoms with Gasteiger partial charge in [-0.2, -0.15) is 0 Å². The van der Waals surface area contributed by atoms with Crippen molar-refractivity contribution in [3.63, 3.8) is 0 Å². The standard InChI is InChI=1S/C14H31N2O2P/c1-2-18-19(17,13-9-4-3-8-12-15)16-14-10-6-5-7-11-14/h14,17H,2-13,15H2,1H3. The number of rotatable bonds is 9. The minimum absolute atomic E-state index is 0.336. The van der Waals surface area contributed by atoms with Gasteiger partial charge in [0.25, 0.3) is 0 Å². The van der Waals surface area contributed by atoms with E-state index in [2.05, 4.69) is 0 Å². The van der Waals surface area contributed by atoms with Gasteiger partial charge >= 0.3 is 0 Å². The van der Waals surface area contributed by atoms with Crippen molar-refractivity contribution >= 4 is 7.51 Å². The van der Waals surface area contributed by atoms with Crippen molar-refractivity contribution in [1.29, 1.82) is 0 Å². The molecule has 19 heavy (non-hydrogen) atoms. The Kier molecular flexibility index (Phi) is 8.97. The Balaban J connectivity index is 2.44. The Morgan fingerprint density at radius 1 is 1.16 bits per heavy atom. The molecule has 0 bridgehead atoms. The van der Waals surface area contributed by atoms with Gasteiger partial charge < -0.3 is 15.2 Å². The van der Waals surface area contributed by atoms with Crippen LogP contribution in [0.3, 0.4) is 0 Å². The average Bonchev–Trinajstić information content (AvgIpc) is 2.40. The van der Waals surface area contributed by atoms with E-state index in [-0.39, 0.29) is 0 Å². The Morgan fingerprint density at radius 3 is 2.47 bits per heavy atom. The van der Waals surface area contributed by atoms with E-state index in [1.54, 1.807) is 0 Å². The highest BCUT2D eigenvalue weighted by Crippen LogP contribution is 2.49. The van der Waals surface area contributed by atoms with Gasteiger partial charge in [0.05, 0.1) is 12.6 Å². The van der Waals surface area contributed by atoms with Crippen molar-refractivity contribution in [3.05, 3.63) is 0 Å². The summed E-state index contributed by atoms with van der Waals surface area (Å²) < 4.78 is 10.3. The van der Waals surface area contributed by atoms with Gasteiger partial charge in [-0.05, 0) is 39.2 Å². The van der Waals surface area contributed by atoms with Gasteiger partial charge in [-0.1, -0.05) is 32.1 Å². The van der Waals surface area contributed by atoms with Crippen LogP contribution < -0.4 is 5.73 Å². The molecule has 1 unspecified atom stereocenters. The van der Waals surface area contributed by atoms with Crippen LogP contribution in [-0.2, 0) is 4.52 Å². The molecule has 0 aromatic carbocycles. The van der Waals surface area contributed by atoms with E-state index in [1.807, 2.05) is 6.92 Å². The summed E-state index contributed by atoms with van der Waals surface area (Å²) in [6.07, 6.45) is 11.1. The normalized spacial score (nSPS) is 20.2. The lowest BCUT2D eigenvalue weighted by Gasteiger charge is -2.24. The fourth-order valence-corrected chi connectivity index (χ4v) is 4.73. The number of unbranched alkanes of at least 4 members (excludes halogenated alkanes) is 3. The first-order valence-electron chi connectivity index (χ1n) is 7.88. The van der Waals surface area contributed by atoms with Crippen molar-refractivity contribution < 1.29 is 9.42 Å². The van der Waals surface area contributed by atoms with Gasteiger partial charge in [-0.25, -0.2) is 0 Å². The molecule has 1 aliphatic carbocycles. The molecule has 0 aliphatic heterocycles. The van der Waals surface area contributed by atoms with Crippen molar-refractivity contribution in [2.24, 2.45) is 10.5 Å². The molecular weight excluding hydrogens is 259 g/mol. The van der Waals surface area contributed by atoms with E-state index < -0.39 is 7.51 Å². The van der Waals surface area contributed by atoms with Crippen molar-refractivity contribution in [2.45, 2.75) is 70.8 Å². The van der Waals surface area contributed by atoms with Gasteiger partial charge in [-0.15, -0.1) is 0 Å². The summed E-state index contributed by atoms with van der Waals surface area (Å²) >= 11 is 0. The topological polar surface area (TPSA) is 67.8 Å². The number of hydrogen-bond acceptors (Lipinski definition) is 3. The largest absolute Gasteiger partial charge is 0.340 e. The lowest BCUT2D eigenvalue weighted by molar-refractivity contribution is 0.310. The third kappa shape index (κ3) is 7.45. The summed E-state index contributed by atoms with van der Waals surface area (Å²) in [4.78, 5) is 10.6. The minimum Gasteiger partial charge on any atom is -0.340 e. The second kappa shape index (κ2) is 9.93. The second-order valence-corrected chi connectivity index (χ2v) is 7.68. The molecule has 4 nitrogen and oxygen atoms in total. The predicted octanol–water partition coefficient (Wildman–Crippen LogP) is 3.90. The van der Waals surface area contributed by atoms with E-state index in [0.29, 0.717) is 12.6 Å². The number of nitrogens with zero attached hydrogens (tertiary/aromatic N) is 1. The quantitative estimate of drug-likeness (QED) is 0.500. The first-order chi connectivity index (χ1) is 9.20. The van der Waals surface area contributed by atoms with Crippen LogP contribution in [0.15, 0.2) is 4.74 Å². The van der Waals surface area contributed by atoms with Crippen LogP contribution in [0.4, 0.5) is 0 Å². The first kappa shape index (κ1) is 17.2. The third-order valence-corrected chi connectivity index (χ3v) is 5.92. The molecule has 1 aliphatic rings. The van der Waals surface area contributed by atoms with E-state index >= 15 is 0 Å². The number of nitrogens with two attached hydrogens (primary N) is 1. The summed E-state index contributed by atoms with van der Waals surface area (Å²) in [5.41, 5.74) is 5.48. The van der Waals surface area contributed by atoms with E-state index in [9.17, 15) is 4.89 Å². The Bertz CT molecular complexity index is 279. The molecule has 0 radical (unpaired) electrons. The summed E-state index contributed by atoms with van der Waals surface area (Å²) in [7, 11) is -2.49. The zero-order chi connectivity index (χ0) is 14.0. The SMILES string of the molecule is CCOP(O)(CCCCCCN)=NC1CCCCC1. The maximum absolute atomic E-state index is 10.6. The predicted molar refractivity (Wildman–Crippen MR) is 82.5 cm³/mol. The molecule has 0 spiro atoms. The molecule has 1 atom stereocenters. The summed E-state index contributed by atoms with van der Waals surface area (Å²) in [6, 6.07) is 0.336. The fourth-order valence-electron chi connectivity index (χ4n) is 2.63. The maximum atomic E-state index is 10.6. The zero-order valence-electron chi connectivity index (χ0n) is 12.4. The van der Waals surface area contributed by atoms with Crippen LogP contribution in [0.25, 0.3) is 0 Å². The van der Waals surface area contributed by atoms with E-state index in [1.165, 1.54) is 19.3 Å². The molecule has 0 heterocycles. The molecule has 0 aromatic heterocycles. The Morgan fingerprint density at radius 2 is 1.84 bits per heavy atom. The smallest absolute Gasteiger partial charge is 0.210 e. The van der Waals surface area contributed by atoms with Crippen LogP contribution in [0.1, 0.15) is 64.7 Å². The zero-order valence-corrected chi connectivity index (χ0v) is 13.3. The molecule has 0 amide bonds. The van der Waals surface area contributed by atoms with Crippen molar-refractivity contribution in [3.8, 4) is 0 Å². The van der Waals surface area contributed by atoms with Crippen LogP contribution >= 0.6 is 7.51 Å². The van der Waals surface area contributed by atoms with Gasteiger partial charge in [0.15, 0.2) is 0 Å². The fraction of sp³-hybridized carbons (Fsp3) is 1.00. The monoisotopic (exact) mass is 290 g/mol. The molecule has 1 rings (SSSR count). The Labute approximate surface area is 118 Å². The molecule has 114 valence electrons. The van der Waals surface area contributed by atoms with E-state index in [0.717, 1.165) is 51.2 Å². The molecule has 3 N–H and O–H groups in total. The van der Waals surface area contributed by atoms with Gasteiger partial charge in [0, 0.05) is 6.16 Å². The Hall–Kier alpha value is 0.110. The maximum Gasteiger partial charge on any atom is 0.210 e. The molecule has 5 heteroatoms. The molecule has 1 fully saturated rings. The lowest BCUT2D eigenvalue weighted by Crippen LogP contribution is -2.10. The van der Waals surface area contributed by atoms with Crippen LogP contribution in [-0.4, -0.2) is 30.2 Å². The molecule has 1 saturated carbocycles. The highest BCUT2D eigenvalue weighted by Gasteiger charge is 2.20. The van der Waals surface area contributed by atoms with Crippen LogP contribution in [0, 0.1) is 0 Å². The lowest BCUT2D eigenvalue weighted by atomic mass is 9.97. The van der Waals surface area contributed by atoms with Crippen molar-refractivity contribution in [2.75, 3.05) is 19.3 Å². The highest BCUT2D eigenvalue weighted by atomic mass is 31.2. The van der Waals surface area contributed by atoms with E-state index in [4.69, 9.17) is 15.0 Å². The summed E-state index contributed by atoms with van der Waals surface area (Å²) in [6.45, 7) is 3.26. The van der Waals surface area contributed by atoms with Crippen LogP contribution in [0.5, 0.6) is 0 Å². The summed E-state index contributed by atoms with van der Waals surface area (Å²) in [5, 5.41) is 0. The average molecular weight is 290 g/mol.